The van der Waals surface area contributed by atoms with Crippen LogP contribution in [-0.4, -0.2) is 41.7 Å². The number of furan rings is 1. The molecule has 0 aromatic carbocycles. The Morgan fingerprint density at radius 1 is 1.38 bits per heavy atom. The molecule has 0 radical (unpaired) electrons. The molecule has 1 aromatic rings. The number of hydrogen-bond donors (Lipinski definition) is 1. The maximum atomic E-state index is 12.0. The summed E-state index contributed by atoms with van der Waals surface area (Å²) in [4.78, 5) is 25.7. The Balaban J connectivity index is 1.76. The molecule has 0 bridgehead atoms. The van der Waals surface area contributed by atoms with E-state index in [0.29, 0.717) is 42.2 Å². The van der Waals surface area contributed by atoms with Crippen molar-refractivity contribution in [2.24, 2.45) is 0 Å². The van der Waals surface area contributed by atoms with E-state index in [0.717, 1.165) is 12.8 Å². The highest BCUT2D eigenvalue weighted by molar-refractivity contribution is 9.10. The number of halogens is 2. The van der Waals surface area contributed by atoms with E-state index in [1.807, 2.05) is 4.90 Å². The van der Waals surface area contributed by atoms with E-state index in [9.17, 15) is 9.59 Å². The Bertz CT molecular complexity index is 498. The summed E-state index contributed by atoms with van der Waals surface area (Å²) in [6.07, 6.45) is 2.74. The summed E-state index contributed by atoms with van der Waals surface area (Å²) >= 11 is 8.76. The third kappa shape index (κ3) is 4.74. The number of nitrogens with zero attached hydrogens (tertiary/aromatic N) is 1. The normalized spacial score (nSPS) is 16.0. The van der Waals surface area contributed by atoms with Crippen LogP contribution in [0.15, 0.2) is 21.2 Å². The van der Waals surface area contributed by atoms with Gasteiger partial charge in [0.25, 0.3) is 5.91 Å². The van der Waals surface area contributed by atoms with Crippen molar-refractivity contribution < 1.29 is 14.0 Å². The van der Waals surface area contributed by atoms with Gasteiger partial charge in [0.15, 0.2) is 10.4 Å². The van der Waals surface area contributed by atoms with Gasteiger partial charge in [-0.25, -0.2) is 0 Å². The third-order valence-electron chi connectivity index (χ3n) is 3.50. The fourth-order valence-corrected chi connectivity index (χ4v) is 2.78. The second-order valence-electron chi connectivity index (χ2n) is 5.02. The molecule has 1 N–H and O–H groups in total. The number of carbonyl (C=O) groups is 2. The average molecular weight is 378 g/mol. The molecule has 2 rings (SSSR count). The van der Waals surface area contributed by atoms with E-state index in [1.54, 1.807) is 12.1 Å². The number of piperidine rings is 1. The predicted molar refractivity (Wildman–Crippen MR) is 83.4 cm³/mol. The zero-order valence-electron chi connectivity index (χ0n) is 11.6. The second kappa shape index (κ2) is 7.84. The van der Waals surface area contributed by atoms with Crippen molar-refractivity contribution >= 4 is 39.3 Å². The zero-order chi connectivity index (χ0) is 15.2. The fraction of sp³-hybridized carbons (Fsp3) is 0.571. The number of amides is 2. The lowest BCUT2D eigenvalue weighted by Gasteiger charge is -2.32. The van der Waals surface area contributed by atoms with Crippen molar-refractivity contribution in [2.75, 3.05) is 19.0 Å². The first-order valence-corrected chi connectivity index (χ1v) is 8.33. The number of alkyl halides is 1. The fourth-order valence-electron chi connectivity index (χ4n) is 2.34. The molecule has 1 aliphatic rings. The molecule has 7 heteroatoms. The number of likely N-dealkylation sites (tertiary alicyclic amines) is 1. The van der Waals surface area contributed by atoms with E-state index in [1.165, 1.54) is 0 Å². The molecule has 0 aliphatic carbocycles. The van der Waals surface area contributed by atoms with Crippen LogP contribution in [-0.2, 0) is 4.79 Å². The Labute approximate surface area is 137 Å². The lowest BCUT2D eigenvalue weighted by molar-refractivity contribution is -0.132. The minimum absolute atomic E-state index is 0.0819. The van der Waals surface area contributed by atoms with Gasteiger partial charge in [-0.2, -0.15) is 0 Å². The number of nitrogens with one attached hydrogen (secondary N) is 1. The van der Waals surface area contributed by atoms with E-state index in [4.69, 9.17) is 16.0 Å². The molecule has 0 spiro atoms. The van der Waals surface area contributed by atoms with Gasteiger partial charge < -0.3 is 14.6 Å². The van der Waals surface area contributed by atoms with Gasteiger partial charge in [-0.3, -0.25) is 9.59 Å². The smallest absolute Gasteiger partial charge is 0.287 e. The highest BCUT2D eigenvalue weighted by Crippen LogP contribution is 2.16. The van der Waals surface area contributed by atoms with Crippen LogP contribution < -0.4 is 5.32 Å². The topological polar surface area (TPSA) is 62.6 Å². The van der Waals surface area contributed by atoms with Gasteiger partial charge in [0.2, 0.25) is 5.91 Å². The first kappa shape index (κ1) is 16.4. The molecule has 5 nitrogen and oxygen atoms in total. The Kier molecular flexibility index (Phi) is 6.11. The second-order valence-corrected chi connectivity index (χ2v) is 6.18. The molecular formula is C14H18BrClN2O3. The van der Waals surface area contributed by atoms with Crippen molar-refractivity contribution in [1.82, 2.24) is 10.2 Å². The Morgan fingerprint density at radius 3 is 2.67 bits per heavy atom. The van der Waals surface area contributed by atoms with Crippen LogP contribution in [0.3, 0.4) is 0 Å². The summed E-state index contributed by atoms with van der Waals surface area (Å²) in [5.41, 5.74) is 0. The SMILES string of the molecule is O=C(NC1CCN(C(=O)CCCCl)CC1)c1ccc(Br)o1. The van der Waals surface area contributed by atoms with Gasteiger partial charge in [0.1, 0.15) is 0 Å². The Morgan fingerprint density at radius 2 is 2.10 bits per heavy atom. The molecule has 2 amide bonds. The first-order chi connectivity index (χ1) is 10.1. The highest BCUT2D eigenvalue weighted by atomic mass is 79.9. The monoisotopic (exact) mass is 376 g/mol. The lowest BCUT2D eigenvalue weighted by atomic mass is 10.0. The average Bonchev–Trinajstić information content (AvgIpc) is 2.92. The summed E-state index contributed by atoms with van der Waals surface area (Å²) in [6, 6.07) is 3.40. The van der Waals surface area contributed by atoms with Crippen LogP contribution in [0, 0.1) is 0 Å². The van der Waals surface area contributed by atoms with Gasteiger partial charge in [0, 0.05) is 31.4 Å². The van der Waals surface area contributed by atoms with Crippen molar-refractivity contribution in [1.29, 1.82) is 0 Å². The third-order valence-corrected chi connectivity index (χ3v) is 4.20. The molecule has 2 heterocycles. The molecular weight excluding hydrogens is 360 g/mol. The summed E-state index contributed by atoms with van der Waals surface area (Å²) in [5.74, 6) is 0.738. The maximum absolute atomic E-state index is 12.0. The molecule has 116 valence electrons. The predicted octanol–water partition coefficient (Wildman–Crippen LogP) is 2.78. The molecule has 1 fully saturated rings. The van der Waals surface area contributed by atoms with Crippen LogP contribution in [0.25, 0.3) is 0 Å². The molecule has 0 atom stereocenters. The highest BCUT2D eigenvalue weighted by Gasteiger charge is 2.24. The summed E-state index contributed by atoms with van der Waals surface area (Å²) in [6.45, 7) is 1.35. The number of hydrogen-bond acceptors (Lipinski definition) is 3. The minimum atomic E-state index is -0.215. The van der Waals surface area contributed by atoms with Crippen LogP contribution in [0.2, 0.25) is 0 Å². The molecule has 0 unspecified atom stereocenters. The van der Waals surface area contributed by atoms with Crippen molar-refractivity contribution in [3.05, 3.63) is 22.6 Å². The van der Waals surface area contributed by atoms with Crippen LogP contribution in [0.4, 0.5) is 0 Å². The van der Waals surface area contributed by atoms with Gasteiger partial charge in [0.05, 0.1) is 0 Å². The van der Waals surface area contributed by atoms with Gasteiger partial charge in [-0.15, -0.1) is 11.6 Å². The number of carbonyl (C=O) groups excluding carboxylic acids is 2. The van der Waals surface area contributed by atoms with Crippen LogP contribution in [0.1, 0.15) is 36.2 Å². The molecule has 1 aliphatic heterocycles. The van der Waals surface area contributed by atoms with Crippen molar-refractivity contribution in [3.63, 3.8) is 0 Å². The minimum Gasteiger partial charge on any atom is -0.444 e. The molecule has 1 aromatic heterocycles. The van der Waals surface area contributed by atoms with Crippen LogP contribution >= 0.6 is 27.5 Å². The summed E-state index contributed by atoms with van der Waals surface area (Å²) in [5, 5.41) is 2.94. The quantitative estimate of drug-likeness (QED) is 0.803. The van der Waals surface area contributed by atoms with Crippen LogP contribution in [0.5, 0.6) is 0 Å². The molecule has 21 heavy (non-hydrogen) atoms. The van der Waals surface area contributed by atoms with E-state index < -0.39 is 0 Å². The summed E-state index contributed by atoms with van der Waals surface area (Å²) in [7, 11) is 0. The van der Waals surface area contributed by atoms with Crippen molar-refractivity contribution in [2.45, 2.75) is 31.7 Å². The zero-order valence-corrected chi connectivity index (χ0v) is 14.0. The standard InChI is InChI=1S/C14H18BrClN2O3/c15-12-4-3-11(21-12)14(20)17-10-5-8-18(9-6-10)13(19)2-1-7-16/h3-4,10H,1-2,5-9H2,(H,17,20). The summed E-state index contributed by atoms with van der Waals surface area (Å²) < 4.78 is 5.75. The van der Waals surface area contributed by atoms with E-state index in [2.05, 4.69) is 21.2 Å². The maximum Gasteiger partial charge on any atom is 0.287 e. The Hall–Kier alpha value is -1.01. The van der Waals surface area contributed by atoms with Gasteiger partial charge in [-0.1, -0.05) is 0 Å². The lowest BCUT2D eigenvalue weighted by Crippen LogP contribution is -2.46. The van der Waals surface area contributed by atoms with Gasteiger partial charge >= 0.3 is 0 Å². The van der Waals surface area contributed by atoms with Crippen molar-refractivity contribution in [3.8, 4) is 0 Å². The molecule has 1 saturated heterocycles. The van der Waals surface area contributed by atoms with E-state index >= 15 is 0 Å². The largest absolute Gasteiger partial charge is 0.444 e. The molecule has 0 saturated carbocycles. The van der Waals surface area contributed by atoms with E-state index in [-0.39, 0.29) is 17.9 Å². The first-order valence-electron chi connectivity index (χ1n) is 7.00. The number of rotatable bonds is 5. The van der Waals surface area contributed by atoms with Gasteiger partial charge in [-0.05, 0) is 47.3 Å².